The predicted octanol–water partition coefficient (Wildman–Crippen LogP) is 5.66. The fourth-order valence-electron chi connectivity index (χ4n) is 2.40. The van der Waals surface area contributed by atoms with Crippen molar-refractivity contribution >= 4 is 23.7 Å². The first-order valence-electron chi connectivity index (χ1n) is 8.48. The van der Waals surface area contributed by atoms with E-state index >= 15 is 0 Å². The lowest BCUT2D eigenvalue weighted by atomic mass is 10.1. The molecule has 0 unspecified atom stereocenters. The van der Waals surface area contributed by atoms with Crippen LogP contribution >= 0.6 is 0 Å². The van der Waals surface area contributed by atoms with E-state index in [9.17, 15) is 10.1 Å². The summed E-state index contributed by atoms with van der Waals surface area (Å²) in [4.78, 5) is 10.4. The number of hydrogen-bond donors (Lipinski definition) is 1. The molecule has 0 atom stereocenters. The number of benzene rings is 2. The molecular weight excluding hydrogens is 314 g/mol. The first-order chi connectivity index (χ1) is 12.2. The highest BCUT2D eigenvalue weighted by Crippen LogP contribution is 2.17. The van der Waals surface area contributed by atoms with Crippen LogP contribution in [0.4, 0.5) is 11.4 Å². The number of allylic oxidation sites excluding steroid dienone is 1. The lowest BCUT2D eigenvalue weighted by Crippen LogP contribution is -1.94. The van der Waals surface area contributed by atoms with Crippen LogP contribution < -0.4 is 5.43 Å². The van der Waals surface area contributed by atoms with Gasteiger partial charge in [0, 0.05) is 12.1 Å². The summed E-state index contributed by atoms with van der Waals surface area (Å²) in [5.74, 6) is 0. The molecule has 0 aromatic heterocycles. The van der Waals surface area contributed by atoms with Crippen LogP contribution in [0.25, 0.3) is 6.08 Å². The minimum Gasteiger partial charge on any atom is -0.278 e. The van der Waals surface area contributed by atoms with Crippen molar-refractivity contribution in [1.82, 2.24) is 0 Å². The van der Waals surface area contributed by atoms with Crippen LogP contribution in [0, 0.1) is 10.1 Å². The van der Waals surface area contributed by atoms with Gasteiger partial charge in [-0.15, -0.1) is 0 Å². The first kappa shape index (κ1) is 18.4. The Balaban J connectivity index is 2.07. The van der Waals surface area contributed by atoms with Gasteiger partial charge in [0.25, 0.3) is 5.69 Å². The second-order valence-electron chi connectivity index (χ2n) is 5.76. The van der Waals surface area contributed by atoms with E-state index in [1.54, 1.807) is 18.3 Å². The maximum Gasteiger partial charge on any atom is 0.271 e. The summed E-state index contributed by atoms with van der Waals surface area (Å²) in [6.45, 7) is 2.18. The van der Waals surface area contributed by atoms with E-state index in [1.807, 2.05) is 18.2 Å². The van der Waals surface area contributed by atoms with E-state index in [-0.39, 0.29) is 5.69 Å². The van der Waals surface area contributed by atoms with Gasteiger partial charge in [-0.3, -0.25) is 15.5 Å². The summed E-state index contributed by atoms with van der Waals surface area (Å²) in [5, 5.41) is 15.1. The molecule has 0 fully saturated rings. The van der Waals surface area contributed by atoms with E-state index < -0.39 is 4.92 Å². The van der Waals surface area contributed by atoms with Crippen LogP contribution in [0.1, 0.15) is 38.2 Å². The third kappa shape index (κ3) is 6.59. The molecule has 0 saturated carbocycles. The minimum absolute atomic E-state index is 0.0446. The number of rotatable bonds is 9. The van der Waals surface area contributed by atoms with Gasteiger partial charge in [-0.2, -0.15) is 5.10 Å². The number of hydrogen-bond acceptors (Lipinski definition) is 4. The quantitative estimate of drug-likeness (QED) is 0.278. The van der Waals surface area contributed by atoms with Crippen molar-refractivity contribution in [2.45, 2.75) is 32.6 Å². The Bertz CT molecular complexity index is 740. The number of nitro groups is 1. The molecule has 0 aliphatic carbocycles. The number of anilines is 1. The summed E-state index contributed by atoms with van der Waals surface area (Å²) in [5.41, 5.74) is 5.77. The van der Waals surface area contributed by atoms with Crippen LogP contribution in [-0.4, -0.2) is 11.1 Å². The molecule has 0 heterocycles. The Hall–Kier alpha value is -2.95. The summed E-state index contributed by atoms with van der Waals surface area (Å²) in [6.07, 6.45) is 8.32. The van der Waals surface area contributed by atoms with Gasteiger partial charge in [0.05, 0.1) is 16.8 Å². The Morgan fingerprint density at radius 2 is 1.96 bits per heavy atom. The monoisotopic (exact) mass is 337 g/mol. The number of non-ortho nitro benzene ring substituents is 1. The zero-order chi connectivity index (χ0) is 17.9. The molecule has 0 amide bonds. The molecule has 2 aromatic rings. The zero-order valence-electron chi connectivity index (χ0n) is 14.4. The standard InChI is InChI=1S/C20H23N3O2/c1-2-3-5-11-18(14-17-9-6-4-7-10-17)16-21-22-19-12-8-13-20(15-19)23(24)25/h4,6-10,12-16,22H,2-3,5,11H2,1H3. The van der Waals surface area contributed by atoms with Crippen molar-refractivity contribution in [1.29, 1.82) is 0 Å². The number of nitrogens with zero attached hydrogens (tertiary/aromatic N) is 2. The second kappa shape index (κ2) is 10.0. The van der Waals surface area contributed by atoms with Gasteiger partial charge in [0.2, 0.25) is 0 Å². The summed E-state index contributed by atoms with van der Waals surface area (Å²) in [7, 11) is 0. The highest BCUT2D eigenvalue weighted by Gasteiger charge is 2.04. The highest BCUT2D eigenvalue weighted by atomic mass is 16.6. The number of unbranched alkanes of at least 4 members (excludes halogenated alkanes) is 2. The van der Waals surface area contributed by atoms with E-state index in [0.717, 1.165) is 24.0 Å². The van der Waals surface area contributed by atoms with Crippen molar-refractivity contribution in [3.8, 4) is 0 Å². The van der Waals surface area contributed by atoms with Crippen molar-refractivity contribution in [3.63, 3.8) is 0 Å². The smallest absolute Gasteiger partial charge is 0.271 e. The van der Waals surface area contributed by atoms with Crippen LogP contribution in [0.5, 0.6) is 0 Å². The van der Waals surface area contributed by atoms with Crippen molar-refractivity contribution in [3.05, 3.63) is 75.8 Å². The average Bonchev–Trinajstić information content (AvgIpc) is 2.63. The molecule has 0 spiro atoms. The van der Waals surface area contributed by atoms with Gasteiger partial charge in [0.15, 0.2) is 0 Å². The van der Waals surface area contributed by atoms with Crippen molar-refractivity contribution < 1.29 is 4.92 Å². The van der Waals surface area contributed by atoms with Crippen LogP contribution in [-0.2, 0) is 0 Å². The predicted molar refractivity (Wildman–Crippen MR) is 104 cm³/mol. The van der Waals surface area contributed by atoms with Gasteiger partial charge in [-0.25, -0.2) is 0 Å². The zero-order valence-corrected chi connectivity index (χ0v) is 14.4. The fraction of sp³-hybridized carbons (Fsp3) is 0.250. The van der Waals surface area contributed by atoms with Crippen molar-refractivity contribution in [2.75, 3.05) is 5.43 Å². The molecule has 5 nitrogen and oxygen atoms in total. The molecule has 2 rings (SSSR count). The van der Waals surface area contributed by atoms with Gasteiger partial charge in [-0.1, -0.05) is 62.2 Å². The molecule has 2 aromatic carbocycles. The van der Waals surface area contributed by atoms with Gasteiger partial charge < -0.3 is 0 Å². The summed E-state index contributed by atoms with van der Waals surface area (Å²) >= 11 is 0. The Morgan fingerprint density at radius 3 is 2.68 bits per heavy atom. The maximum absolute atomic E-state index is 10.8. The van der Waals surface area contributed by atoms with Crippen LogP contribution in [0.15, 0.2) is 65.3 Å². The molecule has 0 radical (unpaired) electrons. The molecule has 5 heteroatoms. The first-order valence-corrected chi connectivity index (χ1v) is 8.48. The average molecular weight is 337 g/mol. The van der Waals surface area contributed by atoms with Crippen molar-refractivity contribution in [2.24, 2.45) is 5.10 Å². The lowest BCUT2D eigenvalue weighted by molar-refractivity contribution is -0.384. The maximum atomic E-state index is 10.8. The SMILES string of the molecule is CCCCCC(C=NNc1cccc([N+](=O)[O-])c1)=Cc1ccccc1. The number of hydrazone groups is 1. The van der Waals surface area contributed by atoms with Crippen LogP contribution in [0.2, 0.25) is 0 Å². The minimum atomic E-state index is -0.416. The van der Waals surface area contributed by atoms with E-state index in [1.165, 1.54) is 25.0 Å². The largest absolute Gasteiger partial charge is 0.278 e. The normalized spacial score (nSPS) is 11.6. The summed E-state index contributed by atoms with van der Waals surface area (Å²) in [6, 6.07) is 16.4. The molecule has 0 aliphatic heterocycles. The summed E-state index contributed by atoms with van der Waals surface area (Å²) < 4.78 is 0. The van der Waals surface area contributed by atoms with Gasteiger partial charge in [0.1, 0.15) is 0 Å². The van der Waals surface area contributed by atoms with E-state index in [2.05, 4.69) is 35.7 Å². The fourth-order valence-corrected chi connectivity index (χ4v) is 2.40. The molecular formula is C20H23N3O2. The second-order valence-corrected chi connectivity index (χ2v) is 5.76. The number of nitrogens with one attached hydrogen (secondary N) is 1. The van der Waals surface area contributed by atoms with E-state index in [0.29, 0.717) is 5.69 Å². The molecule has 25 heavy (non-hydrogen) atoms. The molecule has 0 bridgehead atoms. The Kier molecular flexibility index (Phi) is 7.38. The highest BCUT2D eigenvalue weighted by molar-refractivity contribution is 5.86. The Labute approximate surface area is 148 Å². The Morgan fingerprint density at radius 1 is 1.16 bits per heavy atom. The number of nitro benzene ring substituents is 1. The van der Waals surface area contributed by atoms with E-state index in [4.69, 9.17) is 0 Å². The lowest BCUT2D eigenvalue weighted by Gasteiger charge is -2.04. The third-order valence-electron chi connectivity index (χ3n) is 3.70. The topological polar surface area (TPSA) is 67.5 Å². The third-order valence-corrected chi connectivity index (χ3v) is 3.70. The van der Waals surface area contributed by atoms with Crippen LogP contribution in [0.3, 0.4) is 0 Å². The van der Waals surface area contributed by atoms with Gasteiger partial charge >= 0.3 is 0 Å². The van der Waals surface area contributed by atoms with Gasteiger partial charge in [-0.05, 0) is 30.0 Å². The molecule has 0 saturated heterocycles. The molecule has 0 aliphatic rings. The molecule has 1 N–H and O–H groups in total. The molecule has 130 valence electrons.